The molecule has 1 N–H and O–H groups in total. The van der Waals surface area contributed by atoms with Crippen molar-refractivity contribution < 1.29 is 47.2 Å². The predicted octanol–water partition coefficient (Wildman–Crippen LogP) is 7.15. The largest absolute Gasteiger partial charge is 0.494 e. The summed E-state index contributed by atoms with van der Waals surface area (Å²) in [5, 5.41) is 9.76. The average Bonchev–Trinajstić information content (AvgIpc) is 3.39. The van der Waals surface area contributed by atoms with Gasteiger partial charge in [0.25, 0.3) is 0 Å². The first-order valence-corrected chi connectivity index (χ1v) is 16.9. The number of hydrogen-bond acceptors (Lipinski definition) is 7. The van der Waals surface area contributed by atoms with Gasteiger partial charge in [0.1, 0.15) is 5.75 Å². The molecule has 2 amide bonds. The van der Waals surface area contributed by atoms with Gasteiger partial charge in [-0.25, -0.2) is 23.2 Å². The summed E-state index contributed by atoms with van der Waals surface area (Å²) in [5.74, 6) is -2.20. The second kappa shape index (κ2) is 18.5. The smallest absolute Gasteiger partial charge is 0.348 e. The zero-order chi connectivity index (χ0) is 37.7. The lowest BCUT2D eigenvalue weighted by Crippen LogP contribution is -2.43. The molecule has 1 saturated heterocycles. The number of urea groups is 1. The highest BCUT2D eigenvalue weighted by atomic mass is 19.1. The minimum atomic E-state index is -1.64. The summed E-state index contributed by atoms with van der Waals surface area (Å²) in [6.45, 7) is 6.58. The number of hydrogen-bond donors (Lipinski definition) is 1. The quantitative estimate of drug-likeness (QED) is 0.129. The van der Waals surface area contributed by atoms with E-state index in [2.05, 4.69) is 0 Å². The monoisotopic (exact) mass is 718 g/mol. The molecule has 4 aromatic carbocycles. The standard InChI is InChI=1S/C29H31FN2O5.C11H13FO3/c1-29(27(33)34,37-26-11-7-6-10-25(26)30)18-21-12-14-24(15-13-21)36-17-16-23-20-32(28(35)31(23)2)19-22-8-4-3-5-9-22;1-3-14-11(13)8(2)15-10-7-5-4-6-9(10)12/h3-15,23H,16-20H2,1-2H3,(H,33,34);4-8H,3H2,1-2H3/t23-,29+;/m0./s1. The summed E-state index contributed by atoms with van der Waals surface area (Å²) >= 11 is 0. The molecule has 0 aliphatic carbocycles. The van der Waals surface area contributed by atoms with Gasteiger partial charge in [-0.15, -0.1) is 0 Å². The van der Waals surface area contributed by atoms with Crippen LogP contribution in [0.3, 0.4) is 0 Å². The molecule has 276 valence electrons. The van der Waals surface area contributed by atoms with Crippen LogP contribution in [0.5, 0.6) is 17.2 Å². The number of amides is 2. The Labute approximate surface area is 302 Å². The third-order valence-corrected chi connectivity index (χ3v) is 8.34. The summed E-state index contributed by atoms with van der Waals surface area (Å²) in [6, 6.07) is 28.7. The number of halogens is 2. The fourth-order valence-corrected chi connectivity index (χ4v) is 5.43. The summed E-state index contributed by atoms with van der Waals surface area (Å²) < 4.78 is 48.4. The molecule has 1 aliphatic rings. The predicted molar refractivity (Wildman–Crippen MR) is 190 cm³/mol. The van der Waals surface area contributed by atoms with E-state index in [0.717, 1.165) is 5.56 Å². The highest BCUT2D eigenvalue weighted by Crippen LogP contribution is 2.27. The number of likely N-dealkylation sites (N-methyl/N-ethyl adjacent to an activating group) is 1. The van der Waals surface area contributed by atoms with Crippen molar-refractivity contribution in [1.82, 2.24) is 9.80 Å². The van der Waals surface area contributed by atoms with Crippen LogP contribution >= 0.6 is 0 Å². The normalized spacial score (nSPS) is 15.5. The Balaban J connectivity index is 0.000000338. The molecule has 0 saturated carbocycles. The number of aliphatic carboxylic acids is 1. The Hall–Kier alpha value is -5.65. The number of carbonyl (C=O) groups excluding carboxylic acids is 2. The SMILES string of the molecule is CCOC(=O)C(C)Oc1ccccc1F.CN1C(=O)N(Cc2ccccc2)C[C@@H]1CCOc1ccc(C[C@@](C)(Oc2ccccc2F)C(=O)O)cc1. The maximum atomic E-state index is 14.0. The van der Waals surface area contributed by atoms with Crippen molar-refractivity contribution in [3.05, 3.63) is 126 Å². The zero-order valence-corrected chi connectivity index (χ0v) is 29.7. The van der Waals surface area contributed by atoms with Gasteiger partial charge in [-0.1, -0.05) is 66.7 Å². The Kier molecular flexibility index (Phi) is 14.0. The number of ether oxygens (including phenoxy) is 4. The van der Waals surface area contributed by atoms with Crippen molar-refractivity contribution in [3.8, 4) is 17.2 Å². The molecular formula is C40H44F2N2O8. The van der Waals surface area contributed by atoms with E-state index in [9.17, 15) is 28.3 Å². The first-order chi connectivity index (χ1) is 24.9. The lowest BCUT2D eigenvalue weighted by molar-refractivity contribution is -0.154. The number of carboxylic acid groups (broad SMARTS) is 1. The van der Waals surface area contributed by atoms with Gasteiger partial charge in [0, 0.05) is 33.0 Å². The van der Waals surface area contributed by atoms with Crippen LogP contribution in [-0.4, -0.2) is 77.4 Å². The number of carboxylic acids is 1. The van der Waals surface area contributed by atoms with E-state index in [1.807, 2.05) is 42.3 Å². The molecule has 52 heavy (non-hydrogen) atoms. The van der Waals surface area contributed by atoms with Gasteiger partial charge in [-0.3, -0.25) is 0 Å². The maximum absolute atomic E-state index is 14.0. The topological polar surface area (TPSA) is 115 Å². The van der Waals surface area contributed by atoms with Crippen molar-refractivity contribution in [2.45, 2.75) is 57.9 Å². The molecule has 3 atom stereocenters. The molecule has 4 aromatic rings. The van der Waals surface area contributed by atoms with Gasteiger partial charge in [-0.05, 0) is 68.3 Å². The number of nitrogens with zero attached hydrogens (tertiary/aromatic N) is 2. The summed E-state index contributed by atoms with van der Waals surface area (Å²) in [6.07, 6.45) is -0.0756. The van der Waals surface area contributed by atoms with Crippen LogP contribution in [-0.2, 0) is 27.3 Å². The van der Waals surface area contributed by atoms with Crippen LogP contribution in [0.1, 0.15) is 38.3 Å². The van der Waals surface area contributed by atoms with E-state index in [-0.39, 0.29) is 36.6 Å². The molecule has 5 rings (SSSR count). The second-order valence-electron chi connectivity index (χ2n) is 12.4. The van der Waals surface area contributed by atoms with Crippen LogP contribution in [0.2, 0.25) is 0 Å². The number of benzene rings is 4. The Bertz CT molecular complexity index is 1780. The highest BCUT2D eigenvalue weighted by molar-refractivity contribution is 5.78. The van der Waals surface area contributed by atoms with E-state index < -0.39 is 35.3 Å². The molecule has 1 heterocycles. The molecule has 1 unspecified atom stereocenters. The van der Waals surface area contributed by atoms with Gasteiger partial charge < -0.3 is 33.9 Å². The first-order valence-electron chi connectivity index (χ1n) is 16.9. The Morgan fingerprint density at radius 3 is 2.08 bits per heavy atom. The van der Waals surface area contributed by atoms with Gasteiger partial charge in [0.05, 0.1) is 19.3 Å². The van der Waals surface area contributed by atoms with Crippen molar-refractivity contribution in [2.75, 3.05) is 26.8 Å². The van der Waals surface area contributed by atoms with Gasteiger partial charge in [0.2, 0.25) is 5.60 Å². The lowest BCUT2D eigenvalue weighted by Gasteiger charge is -2.26. The molecule has 10 nitrogen and oxygen atoms in total. The highest BCUT2D eigenvalue weighted by Gasteiger charge is 2.37. The summed E-state index contributed by atoms with van der Waals surface area (Å²) in [5.41, 5.74) is 0.168. The van der Waals surface area contributed by atoms with E-state index in [1.54, 1.807) is 54.3 Å². The van der Waals surface area contributed by atoms with Crippen LogP contribution < -0.4 is 14.2 Å². The number of para-hydroxylation sites is 2. The van der Waals surface area contributed by atoms with E-state index in [1.165, 1.54) is 44.2 Å². The minimum absolute atomic E-state index is 0.0114. The molecule has 0 aromatic heterocycles. The van der Waals surface area contributed by atoms with Crippen molar-refractivity contribution in [1.29, 1.82) is 0 Å². The molecular weight excluding hydrogens is 674 g/mol. The fourth-order valence-electron chi connectivity index (χ4n) is 5.43. The number of carbonyl (C=O) groups is 3. The van der Waals surface area contributed by atoms with Gasteiger partial charge in [0.15, 0.2) is 29.2 Å². The average molecular weight is 719 g/mol. The van der Waals surface area contributed by atoms with E-state index >= 15 is 0 Å². The molecule has 12 heteroatoms. The van der Waals surface area contributed by atoms with E-state index in [0.29, 0.717) is 37.4 Å². The summed E-state index contributed by atoms with van der Waals surface area (Å²) in [4.78, 5) is 39.4. The van der Waals surface area contributed by atoms with Crippen LogP contribution in [0, 0.1) is 11.6 Å². The molecule has 0 spiro atoms. The van der Waals surface area contributed by atoms with Crippen molar-refractivity contribution >= 4 is 18.0 Å². The van der Waals surface area contributed by atoms with E-state index in [4.69, 9.17) is 18.9 Å². The maximum Gasteiger partial charge on any atom is 0.348 e. The van der Waals surface area contributed by atoms with Crippen LogP contribution in [0.25, 0.3) is 0 Å². The molecule has 0 radical (unpaired) electrons. The fraction of sp³-hybridized carbons (Fsp3) is 0.325. The number of esters is 1. The lowest BCUT2D eigenvalue weighted by atomic mass is 9.96. The van der Waals surface area contributed by atoms with Gasteiger partial charge >= 0.3 is 18.0 Å². The van der Waals surface area contributed by atoms with Crippen LogP contribution in [0.15, 0.2) is 103 Å². The molecule has 0 bridgehead atoms. The second-order valence-corrected chi connectivity index (χ2v) is 12.4. The van der Waals surface area contributed by atoms with Crippen molar-refractivity contribution in [2.24, 2.45) is 0 Å². The third kappa shape index (κ3) is 10.9. The first kappa shape index (κ1) is 39.1. The minimum Gasteiger partial charge on any atom is -0.494 e. The molecule has 1 fully saturated rings. The number of rotatable bonds is 15. The Morgan fingerprint density at radius 1 is 0.885 bits per heavy atom. The summed E-state index contributed by atoms with van der Waals surface area (Å²) in [7, 11) is 1.82. The third-order valence-electron chi connectivity index (χ3n) is 8.34. The van der Waals surface area contributed by atoms with Crippen molar-refractivity contribution in [3.63, 3.8) is 0 Å². The zero-order valence-electron chi connectivity index (χ0n) is 29.7. The van der Waals surface area contributed by atoms with Crippen LogP contribution in [0.4, 0.5) is 13.6 Å². The Morgan fingerprint density at radius 2 is 1.48 bits per heavy atom. The van der Waals surface area contributed by atoms with Gasteiger partial charge in [-0.2, -0.15) is 0 Å². The molecule has 1 aliphatic heterocycles.